The maximum atomic E-state index is 3.17. The van der Waals surface area contributed by atoms with Crippen molar-refractivity contribution in [3.63, 3.8) is 0 Å². The van der Waals surface area contributed by atoms with Gasteiger partial charge >= 0.3 is 23.1 Å². The van der Waals surface area contributed by atoms with Gasteiger partial charge in [-0.25, -0.2) is 0 Å². The van der Waals surface area contributed by atoms with E-state index < -0.39 is 0 Å². The second kappa shape index (κ2) is 6.50. The first-order chi connectivity index (χ1) is 4.75. The number of aryl methyl sites for hydroxylation is 2. The molecule has 62 valence electrons. The molecule has 0 bridgehead atoms. The summed E-state index contributed by atoms with van der Waals surface area (Å²) in [5.41, 5.74) is 4.11. The minimum atomic E-state index is 0. The zero-order valence-corrected chi connectivity index (χ0v) is 9.98. The fraction of sp³-hybridized carbons (Fsp3) is 0.364. The summed E-state index contributed by atoms with van der Waals surface area (Å²) in [6.07, 6.45) is 1.13. The Bertz CT molecular complexity index is 228. The smallest absolute Gasteiger partial charge is 0.358 e. The van der Waals surface area contributed by atoms with Gasteiger partial charge in [0.15, 0.2) is 0 Å². The van der Waals surface area contributed by atoms with E-state index in [2.05, 4.69) is 32.9 Å². The molecule has 0 N–H and O–H groups in total. The van der Waals surface area contributed by atoms with E-state index in [9.17, 15) is 0 Å². The van der Waals surface area contributed by atoms with Crippen LogP contribution < -0.4 is 0 Å². The number of benzene rings is 1. The summed E-state index contributed by atoms with van der Waals surface area (Å²) in [5.74, 6) is 0. The minimum Gasteiger partial charge on any atom is -0.358 e. The molecule has 0 nitrogen and oxygen atoms in total. The van der Waals surface area contributed by atoms with Crippen LogP contribution in [-0.2, 0) is 6.42 Å². The molecule has 0 heterocycles. The fourth-order valence-electron chi connectivity index (χ4n) is 1.12. The van der Waals surface area contributed by atoms with Gasteiger partial charge in [0.1, 0.15) is 0 Å². The molecule has 0 saturated carbocycles. The van der Waals surface area contributed by atoms with Gasteiger partial charge in [-0.3, -0.25) is 0 Å². The minimum absolute atomic E-state index is 0. The molecule has 0 unspecified atom stereocenters. The number of hydrogen-bond acceptors (Lipinski definition) is 0. The van der Waals surface area contributed by atoms with Crippen LogP contribution in [0.3, 0.4) is 0 Å². The van der Waals surface area contributed by atoms with Crippen molar-refractivity contribution in [1.29, 1.82) is 0 Å². The van der Waals surface area contributed by atoms with Crippen molar-refractivity contribution < 1.29 is 0 Å². The Kier molecular flexibility index (Phi) is 7.85. The van der Waals surface area contributed by atoms with Gasteiger partial charge in [0.2, 0.25) is 0 Å². The Morgan fingerprint density at radius 2 is 1.92 bits per heavy atom. The average molecular weight is 173 g/mol. The molecule has 0 aliphatic carbocycles. The van der Waals surface area contributed by atoms with Gasteiger partial charge in [-0.15, -0.1) is 0 Å². The summed E-state index contributed by atoms with van der Waals surface area (Å²) in [6, 6.07) is 7.32. The van der Waals surface area contributed by atoms with Crippen LogP contribution in [0.15, 0.2) is 12.1 Å². The molecule has 12 heavy (non-hydrogen) atoms. The summed E-state index contributed by atoms with van der Waals surface area (Å²) < 4.78 is 0. The standard InChI is InChI=1S/C10H13.CH3.Mg/c1-4-10-7-5-6-8(2)9(10)3;;/h5,7H,4H2,1-3H3;1H3;/q2*-1;+2. The van der Waals surface area contributed by atoms with Crippen molar-refractivity contribution in [2.45, 2.75) is 27.2 Å². The SMILES string of the molecule is CCc1cc[c-]c(C)c1C.[CH3-].[Mg+2]. The molecule has 1 rings (SSSR count). The van der Waals surface area contributed by atoms with Crippen LogP contribution in [0.1, 0.15) is 23.6 Å². The summed E-state index contributed by atoms with van der Waals surface area (Å²) >= 11 is 0. The molecule has 0 aliphatic heterocycles. The summed E-state index contributed by atoms with van der Waals surface area (Å²) in [5, 5.41) is 0. The number of rotatable bonds is 1. The topological polar surface area (TPSA) is 0 Å². The van der Waals surface area contributed by atoms with Gasteiger partial charge in [0.05, 0.1) is 0 Å². The largest absolute Gasteiger partial charge is 2.00 e. The first-order valence-corrected chi connectivity index (χ1v) is 3.72. The molecule has 0 aromatic heterocycles. The molecule has 0 aliphatic rings. The fourth-order valence-corrected chi connectivity index (χ4v) is 1.12. The van der Waals surface area contributed by atoms with Gasteiger partial charge in [-0.2, -0.15) is 34.9 Å². The van der Waals surface area contributed by atoms with E-state index in [-0.39, 0.29) is 30.5 Å². The normalized spacial score (nSPS) is 8.25. The van der Waals surface area contributed by atoms with Crippen LogP contribution in [0.4, 0.5) is 0 Å². The van der Waals surface area contributed by atoms with Crippen molar-refractivity contribution in [3.05, 3.63) is 42.3 Å². The van der Waals surface area contributed by atoms with Gasteiger partial charge in [-0.05, 0) is 0 Å². The monoisotopic (exact) mass is 172 g/mol. The van der Waals surface area contributed by atoms with Crippen LogP contribution in [0.5, 0.6) is 0 Å². The maximum Gasteiger partial charge on any atom is 2.00 e. The van der Waals surface area contributed by atoms with Crippen LogP contribution in [0.25, 0.3) is 0 Å². The summed E-state index contributed by atoms with van der Waals surface area (Å²) in [7, 11) is 0. The Morgan fingerprint density at radius 3 is 2.33 bits per heavy atom. The molecule has 0 atom stereocenters. The first kappa shape index (κ1) is 14.5. The number of hydrogen-bond donors (Lipinski definition) is 0. The van der Waals surface area contributed by atoms with E-state index in [1.807, 2.05) is 6.07 Å². The Balaban J connectivity index is 0. The van der Waals surface area contributed by atoms with E-state index in [0.29, 0.717) is 0 Å². The van der Waals surface area contributed by atoms with E-state index in [0.717, 1.165) is 6.42 Å². The van der Waals surface area contributed by atoms with Gasteiger partial charge in [-0.1, -0.05) is 27.2 Å². The zero-order chi connectivity index (χ0) is 7.56. The summed E-state index contributed by atoms with van der Waals surface area (Å²) in [6.45, 7) is 6.45. The van der Waals surface area contributed by atoms with Gasteiger partial charge in [0.25, 0.3) is 0 Å². The van der Waals surface area contributed by atoms with Crippen molar-refractivity contribution in [2.75, 3.05) is 0 Å². The van der Waals surface area contributed by atoms with Crippen molar-refractivity contribution >= 4 is 23.1 Å². The molecule has 0 amide bonds. The Hall–Kier alpha value is -0.0138. The zero-order valence-electron chi connectivity index (χ0n) is 8.57. The van der Waals surface area contributed by atoms with E-state index in [1.165, 1.54) is 16.7 Å². The molecule has 0 radical (unpaired) electrons. The van der Waals surface area contributed by atoms with Crippen LogP contribution in [0.2, 0.25) is 0 Å². The third-order valence-corrected chi connectivity index (χ3v) is 2.01. The Labute approximate surface area is 92.5 Å². The third kappa shape index (κ3) is 3.16. The Morgan fingerprint density at radius 1 is 1.33 bits per heavy atom. The quantitative estimate of drug-likeness (QED) is 0.451. The van der Waals surface area contributed by atoms with E-state index >= 15 is 0 Å². The van der Waals surface area contributed by atoms with Crippen LogP contribution >= 0.6 is 0 Å². The predicted molar refractivity (Wildman–Crippen MR) is 56.3 cm³/mol. The van der Waals surface area contributed by atoms with Crippen molar-refractivity contribution in [2.24, 2.45) is 0 Å². The second-order valence-electron chi connectivity index (χ2n) is 2.61. The first-order valence-electron chi connectivity index (χ1n) is 3.72. The van der Waals surface area contributed by atoms with Crippen molar-refractivity contribution in [3.8, 4) is 0 Å². The summed E-state index contributed by atoms with van der Waals surface area (Å²) in [4.78, 5) is 0. The van der Waals surface area contributed by atoms with E-state index in [4.69, 9.17) is 0 Å². The predicted octanol–water partition coefficient (Wildman–Crippen LogP) is 2.74. The molecular formula is C11H16Mg. The average Bonchev–Trinajstić information content (AvgIpc) is 1.95. The van der Waals surface area contributed by atoms with Crippen molar-refractivity contribution in [1.82, 2.24) is 0 Å². The van der Waals surface area contributed by atoms with Gasteiger partial charge < -0.3 is 7.43 Å². The molecule has 0 fully saturated rings. The third-order valence-electron chi connectivity index (χ3n) is 2.01. The molecule has 0 spiro atoms. The van der Waals surface area contributed by atoms with Crippen LogP contribution in [-0.4, -0.2) is 23.1 Å². The molecule has 1 aromatic carbocycles. The maximum absolute atomic E-state index is 3.17. The molecular weight excluding hydrogens is 156 g/mol. The van der Waals surface area contributed by atoms with E-state index in [1.54, 1.807) is 0 Å². The van der Waals surface area contributed by atoms with Gasteiger partial charge in [0, 0.05) is 0 Å². The van der Waals surface area contributed by atoms with Crippen LogP contribution in [0, 0.1) is 27.3 Å². The molecule has 1 heteroatoms. The molecule has 0 saturated heterocycles. The second-order valence-corrected chi connectivity index (χ2v) is 2.61. The molecule has 1 aromatic rings.